The Bertz CT molecular complexity index is 940. The monoisotopic (exact) mass is 440 g/mol. The van der Waals surface area contributed by atoms with E-state index < -0.39 is 0 Å². The summed E-state index contributed by atoms with van der Waals surface area (Å²) in [5, 5.41) is 2.12. The number of benzene rings is 1. The second-order valence-corrected chi connectivity index (χ2v) is 10.6. The Hall–Kier alpha value is -2.18. The minimum atomic E-state index is -0.102. The number of amides is 2. The first kappa shape index (κ1) is 22.0. The van der Waals surface area contributed by atoms with Gasteiger partial charge in [-0.15, -0.1) is 11.3 Å². The topological polar surface area (TPSA) is 49.9 Å². The molecule has 31 heavy (non-hydrogen) atoms. The van der Waals surface area contributed by atoms with Crippen molar-refractivity contribution in [2.75, 3.05) is 26.8 Å². The first-order valence-corrected chi connectivity index (χ1v) is 11.9. The van der Waals surface area contributed by atoms with Gasteiger partial charge < -0.3 is 14.5 Å². The van der Waals surface area contributed by atoms with Crippen LogP contribution in [0.5, 0.6) is 0 Å². The zero-order valence-corrected chi connectivity index (χ0v) is 19.7. The number of carbonyl (C=O) groups is 2. The molecule has 0 bridgehead atoms. The molecule has 1 fully saturated rings. The predicted molar refractivity (Wildman–Crippen MR) is 123 cm³/mol. The van der Waals surface area contributed by atoms with E-state index in [1.165, 1.54) is 23.1 Å². The van der Waals surface area contributed by atoms with Crippen LogP contribution in [0, 0.1) is 0 Å². The minimum Gasteiger partial charge on any atom is -0.375 e. The molecule has 0 saturated heterocycles. The number of hydrogen-bond donors (Lipinski definition) is 0. The average molecular weight is 441 g/mol. The number of rotatable bonds is 6. The highest BCUT2D eigenvalue weighted by atomic mass is 32.1. The van der Waals surface area contributed by atoms with Crippen LogP contribution in [0.4, 0.5) is 0 Å². The molecule has 2 aromatic rings. The molecule has 6 heteroatoms. The Balaban J connectivity index is 1.61. The van der Waals surface area contributed by atoms with Crippen LogP contribution in [0.15, 0.2) is 35.7 Å². The summed E-state index contributed by atoms with van der Waals surface area (Å²) >= 11 is 1.77. The van der Waals surface area contributed by atoms with E-state index in [9.17, 15) is 9.59 Å². The summed E-state index contributed by atoms with van der Waals surface area (Å²) in [5.41, 5.74) is 3.71. The molecule has 1 aromatic heterocycles. The summed E-state index contributed by atoms with van der Waals surface area (Å²) in [5.74, 6) is -0.0873. The van der Waals surface area contributed by atoms with Crippen LogP contribution in [-0.2, 0) is 26.2 Å². The molecule has 1 unspecified atom stereocenters. The first-order valence-electron chi connectivity index (χ1n) is 11.0. The van der Waals surface area contributed by atoms with Gasteiger partial charge in [-0.2, -0.15) is 0 Å². The lowest BCUT2D eigenvalue weighted by molar-refractivity contribution is -0.144. The fourth-order valence-corrected chi connectivity index (χ4v) is 5.26. The standard InChI is InChI=1S/C25H32N2O3S/c1-25(2,3)18-7-5-17(6-8-18)24-20-12-14-31-21(20)11-13-26(24)22(28)15-27(19-9-10-19)23(29)16-30-4/h5-8,12,14,19,24H,9-11,13,15-16H2,1-4H3. The Labute approximate surface area is 189 Å². The van der Waals surface area contributed by atoms with Crippen LogP contribution in [0.2, 0.25) is 0 Å². The van der Waals surface area contributed by atoms with Crippen LogP contribution < -0.4 is 0 Å². The molecule has 1 saturated carbocycles. The summed E-state index contributed by atoms with van der Waals surface area (Å²) in [6, 6.07) is 10.9. The molecule has 0 N–H and O–H groups in total. The third kappa shape index (κ3) is 4.70. The zero-order valence-electron chi connectivity index (χ0n) is 18.9. The van der Waals surface area contributed by atoms with Crippen molar-refractivity contribution in [1.82, 2.24) is 9.80 Å². The van der Waals surface area contributed by atoms with Crippen LogP contribution in [0.3, 0.4) is 0 Å². The van der Waals surface area contributed by atoms with Crippen LogP contribution in [0.25, 0.3) is 0 Å². The summed E-state index contributed by atoms with van der Waals surface area (Å²) in [7, 11) is 1.52. The van der Waals surface area contributed by atoms with E-state index in [-0.39, 0.29) is 42.5 Å². The van der Waals surface area contributed by atoms with Crippen molar-refractivity contribution in [3.05, 3.63) is 57.3 Å². The van der Waals surface area contributed by atoms with Gasteiger partial charge in [0.2, 0.25) is 11.8 Å². The largest absolute Gasteiger partial charge is 0.375 e. The molecule has 2 amide bonds. The quantitative estimate of drug-likeness (QED) is 0.678. The number of methoxy groups -OCH3 is 1. The fourth-order valence-electron chi connectivity index (χ4n) is 4.36. The molecular formula is C25H32N2O3S. The van der Waals surface area contributed by atoms with Gasteiger partial charge in [-0.25, -0.2) is 0 Å². The van der Waals surface area contributed by atoms with Crippen LogP contribution >= 0.6 is 11.3 Å². The molecule has 0 radical (unpaired) electrons. The van der Waals surface area contributed by atoms with Gasteiger partial charge in [0.25, 0.3) is 0 Å². The lowest BCUT2D eigenvalue weighted by Gasteiger charge is -2.38. The van der Waals surface area contributed by atoms with Gasteiger partial charge in [0, 0.05) is 24.6 Å². The van der Waals surface area contributed by atoms with E-state index in [0.29, 0.717) is 6.54 Å². The van der Waals surface area contributed by atoms with Gasteiger partial charge in [-0.3, -0.25) is 9.59 Å². The van der Waals surface area contributed by atoms with Gasteiger partial charge >= 0.3 is 0 Å². The Morgan fingerprint density at radius 3 is 2.48 bits per heavy atom. The lowest BCUT2D eigenvalue weighted by atomic mass is 9.85. The van der Waals surface area contributed by atoms with Crippen LogP contribution in [0.1, 0.15) is 61.2 Å². The van der Waals surface area contributed by atoms with Crippen molar-refractivity contribution in [1.29, 1.82) is 0 Å². The second-order valence-electron chi connectivity index (χ2n) is 9.60. The molecular weight excluding hydrogens is 408 g/mol. The third-order valence-electron chi connectivity index (χ3n) is 6.26. The SMILES string of the molecule is COCC(=O)N(CC(=O)N1CCc2sccc2C1c1ccc(C(C)(C)C)cc1)C1CC1. The molecule has 0 spiro atoms. The zero-order chi connectivity index (χ0) is 22.2. The predicted octanol–water partition coefficient (Wildman–Crippen LogP) is 4.16. The lowest BCUT2D eigenvalue weighted by Crippen LogP contribution is -2.48. The van der Waals surface area contributed by atoms with E-state index in [1.807, 2.05) is 4.90 Å². The van der Waals surface area contributed by atoms with E-state index in [4.69, 9.17) is 4.74 Å². The van der Waals surface area contributed by atoms with Crippen LogP contribution in [-0.4, -0.2) is 54.5 Å². The Kier molecular flexibility index (Phi) is 6.22. The molecule has 4 rings (SSSR count). The molecule has 166 valence electrons. The summed E-state index contributed by atoms with van der Waals surface area (Å²) in [4.78, 5) is 31.0. The molecule has 2 heterocycles. The number of hydrogen-bond acceptors (Lipinski definition) is 4. The molecule has 1 aliphatic heterocycles. The maximum atomic E-state index is 13.5. The molecule has 1 aromatic carbocycles. The Morgan fingerprint density at radius 1 is 1.16 bits per heavy atom. The number of nitrogens with zero attached hydrogens (tertiary/aromatic N) is 2. The van der Waals surface area contributed by atoms with Crippen molar-refractivity contribution < 1.29 is 14.3 Å². The summed E-state index contributed by atoms with van der Waals surface area (Å²) in [6.07, 6.45) is 2.80. The maximum Gasteiger partial charge on any atom is 0.249 e. The molecule has 5 nitrogen and oxygen atoms in total. The van der Waals surface area contributed by atoms with Gasteiger partial charge in [-0.05, 0) is 52.8 Å². The average Bonchev–Trinajstić information content (AvgIpc) is 3.46. The van der Waals surface area contributed by atoms with E-state index in [2.05, 4.69) is 56.5 Å². The molecule has 1 aliphatic carbocycles. The summed E-state index contributed by atoms with van der Waals surface area (Å²) < 4.78 is 5.04. The molecule has 1 atom stereocenters. The van der Waals surface area contributed by atoms with Crippen molar-refractivity contribution in [2.45, 2.75) is 57.5 Å². The van der Waals surface area contributed by atoms with Crippen molar-refractivity contribution in [3.63, 3.8) is 0 Å². The third-order valence-corrected chi connectivity index (χ3v) is 7.26. The highest BCUT2D eigenvalue weighted by Crippen LogP contribution is 2.39. The maximum absolute atomic E-state index is 13.5. The minimum absolute atomic E-state index is 0.0121. The first-order chi connectivity index (χ1) is 14.8. The normalized spacial score (nSPS) is 18.6. The summed E-state index contributed by atoms with van der Waals surface area (Å²) in [6.45, 7) is 7.45. The van der Waals surface area contributed by atoms with Crippen molar-refractivity contribution in [2.24, 2.45) is 0 Å². The van der Waals surface area contributed by atoms with Gasteiger partial charge in [-0.1, -0.05) is 45.0 Å². The fraction of sp³-hybridized carbons (Fsp3) is 0.520. The second kappa shape index (κ2) is 8.75. The number of fused-ring (bicyclic) bond motifs is 1. The van der Waals surface area contributed by atoms with E-state index in [0.717, 1.165) is 24.8 Å². The van der Waals surface area contributed by atoms with Gasteiger partial charge in [0.05, 0.1) is 6.04 Å². The van der Waals surface area contributed by atoms with Gasteiger partial charge in [0.1, 0.15) is 13.2 Å². The molecule has 2 aliphatic rings. The van der Waals surface area contributed by atoms with E-state index >= 15 is 0 Å². The van der Waals surface area contributed by atoms with Crippen molar-refractivity contribution >= 4 is 23.2 Å². The highest BCUT2D eigenvalue weighted by molar-refractivity contribution is 7.10. The Morgan fingerprint density at radius 2 is 1.87 bits per heavy atom. The van der Waals surface area contributed by atoms with Crippen molar-refractivity contribution in [3.8, 4) is 0 Å². The van der Waals surface area contributed by atoms with Gasteiger partial charge in [0.15, 0.2) is 0 Å². The van der Waals surface area contributed by atoms with E-state index in [1.54, 1.807) is 16.2 Å². The number of thiophene rings is 1. The highest BCUT2D eigenvalue weighted by Gasteiger charge is 2.38. The number of ether oxygens (including phenoxy) is 1. The number of carbonyl (C=O) groups excluding carboxylic acids is 2. The smallest absolute Gasteiger partial charge is 0.249 e.